The van der Waals surface area contributed by atoms with Crippen LogP contribution in [-0.4, -0.2) is 25.9 Å². The van der Waals surface area contributed by atoms with E-state index in [1.807, 2.05) is 60.9 Å². The highest BCUT2D eigenvalue weighted by Gasteiger charge is 2.19. The Morgan fingerprint density at radius 2 is 2.04 bits per heavy atom. The molecule has 2 aromatic carbocycles. The van der Waals surface area contributed by atoms with E-state index < -0.39 is 0 Å². The topological polar surface area (TPSA) is 59.8 Å². The number of aryl methyl sites for hydroxylation is 1. The normalized spacial score (nSPS) is 12.1. The van der Waals surface area contributed by atoms with Crippen LogP contribution < -0.4 is 5.32 Å². The Morgan fingerprint density at radius 3 is 2.80 bits per heavy atom. The molecule has 1 heterocycles. The predicted molar refractivity (Wildman–Crippen MR) is 103 cm³/mol. The van der Waals surface area contributed by atoms with Crippen LogP contribution in [0.25, 0.3) is 10.8 Å². The highest BCUT2D eigenvalue weighted by Crippen LogP contribution is 2.24. The van der Waals surface area contributed by atoms with Crippen molar-refractivity contribution in [2.45, 2.75) is 30.8 Å². The standard InChI is InChI=1S/C19H20N4OS/c1-4-11-23-14(3)21-22-19(23)25-13(2)18(24)20-17-10-9-15-7-5-6-8-16(15)12-17/h4-10,12-13H,1,11H2,2-3H3,(H,20,24). The van der Waals surface area contributed by atoms with Crippen molar-refractivity contribution in [2.24, 2.45) is 0 Å². The molecule has 3 rings (SSSR count). The van der Waals surface area contributed by atoms with E-state index in [2.05, 4.69) is 22.1 Å². The molecule has 1 amide bonds. The van der Waals surface area contributed by atoms with Crippen LogP contribution in [0.15, 0.2) is 60.3 Å². The van der Waals surface area contributed by atoms with Crippen molar-refractivity contribution in [1.82, 2.24) is 14.8 Å². The van der Waals surface area contributed by atoms with Gasteiger partial charge in [0.2, 0.25) is 5.91 Å². The van der Waals surface area contributed by atoms with Crippen LogP contribution in [0.2, 0.25) is 0 Å². The fourth-order valence-corrected chi connectivity index (χ4v) is 3.41. The van der Waals surface area contributed by atoms with Gasteiger partial charge in [-0.25, -0.2) is 0 Å². The second-order valence-electron chi connectivity index (χ2n) is 5.74. The van der Waals surface area contributed by atoms with Gasteiger partial charge in [-0.3, -0.25) is 4.79 Å². The number of hydrogen-bond donors (Lipinski definition) is 1. The van der Waals surface area contributed by atoms with E-state index >= 15 is 0 Å². The Kier molecular flexibility index (Phi) is 5.19. The van der Waals surface area contributed by atoms with E-state index in [0.717, 1.165) is 27.4 Å². The summed E-state index contributed by atoms with van der Waals surface area (Å²) in [5, 5.41) is 13.9. The molecule has 0 aliphatic carbocycles. The molecule has 0 saturated heterocycles. The number of benzene rings is 2. The van der Waals surface area contributed by atoms with E-state index in [1.54, 1.807) is 6.08 Å². The molecule has 3 aromatic rings. The minimum atomic E-state index is -0.293. The summed E-state index contributed by atoms with van der Waals surface area (Å²) >= 11 is 1.39. The molecule has 0 fully saturated rings. The van der Waals surface area contributed by atoms with Crippen LogP contribution in [0, 0.1) is 6.92 Å². The lowest BCUT2D eigenvalue weighted by atomic mass is 10.1. The molecule has 0 aliphatic heterocycles. The SMILES string of the molecule is C=CCn1c(C)nnc1SC(C)C(=O)Nc1ccc2ccccc2c1. The van der Waals surface area contributed by atoms with Gasteiger partial charge in [0.05, 0.1) is 5.25 Å². The van der Waals surface area contributed by atoms with Crippen molar-refractivity contribution >= 4 is 34.1 Å². The first-order chi connectivity index (χ1) is 12.1. The lowest BCUT2D eigenvalue weighted by Crippen LogP contribution is -2.23. The molecule has 0 radical (unpaired) electrons. The number of rotatable bonds is 6. The monoisotopic (exact) mass is 352 g/mol. The number of allylic oxidation sites excluding steroid dienone is 1. The summed E-state index contributed by atoms with van der Waals surface area (Å²) in [4.78, 5) is 12.5. The Bertz CT molecular complexity index is 919. The predicted octanol–water partition coefficient (Wildman–Crippen LogP) is 4.05. The Morgan fingerprint density at radius 1 is 1.28 bits per heavy atom. The van der Waals surface area contributed by atoms with Gasteiger partial charge < -0.3 is 9.88 Å². The second kappa shape index (κ2) is 7.53. The third-order valence-corrected chi connectivity index (χ3v) is 4.96. The first-order valence-electron chi connectivity index (χ1n) is 8.05. The van der Waals surface area contributed by atoms with Gasteiger partial charge in [-0.1, -0.05) is 48.2 Å². The number of amides is 1. The van der Waals surface area contributed by atoms with Gasteiger partial charge in [-0.15, -0.1) is 16.8 Å². The summed E-state index contributed by atoms with van der Waals surface area (Å²) in [5.74, 6) is 0.746. The van der Waals surface area contributed by atoms with E-state index in [4.69, 9.17) is 0 Å². The van der Waals surface area contributed by atoms with Crippen LogP contribution in [-0.2, 0) is 11.3 Å². The summed E-state index contributed by atoms with van der Waals surface area (Å²) in [6.45, 7) is 8.13. The first-order valence-corrected chi connectivity index (χ1v) is 8.93. The van der Waals surface area contributed by atoms with Gasteiger partial charge in [0.1, 0.15) is 5.82 Å². The number of carbonyl (C=O) groups is 1. The Labute approximate surface area is 151 Å². The van der Waals surface area contributed by atoms with Crippen molar-refractivity contribution in [3.8, 4) is 0 Å². The van der Waals surface area contributed by atoms with E-state index in [-0.39, 0.29) is 11.2 Å². The number of fused-ring (bicyclic) bond motifs is 1. The van der Waals surface area contributed by atoms with Crippen molar-refractivity contribution in [3.63, 3.8) is 0 Å². The number of nitrogens with zero attached hydrogens (tertiary/aromatic N) is 3. The summed E-state index contributed by atoms with van der Waals surface area (Å²) < 4.78 is 1.94. The van der Waals surface area contributed by atoms with Crippen molar-refractivity contribution in [3.05, 3.63) is 60.9 Å². The van der Waals surface area contributed by atoms with Crippen LogP contribution in [0.1, 0.15) is 12.7 Å². The third kappa shape index (κ3) is 3.91. The fourth-order valence-electron chi connectivity index (χ4n) is 2.51. The molecule has 128 valence electrons. The number of nitrogens with one attached hydrogen (secondary N) is 1. The largest absolute Gasteiger partial charge is 0.325 e. The minimum absolute atomic E-state index is 0.0638. The van der Waals surface area contributed by atoms with Crippen LogP contribution in [0.5, 0.6) is 0 Å². The average Bonchev–Trinajstić information content (AvgIpc) is 2.95. The van der Waals surface area contributed by atoms with Crippen LogP contribution in [0.4, 0.5) is 5.69 Å². The lowest BCUT2D eigenvalue weighted by molar-refractivity contribution is -0.115. The molecule has 6 heteroatoms. The number of hydrogen-bond acceptors (Lipinski definition) is 4. The number of anilines is 1. The molecule has 5 nitrogen and oxygen atoms in total. The Hall–Kier alpha value is -2.60. The fraction of sp³-hybridized carbons (Fsp3) is 0.211. The molecule has 25 heavy (non-hydrogen) atoms. The minimum Gasteiger partial charge on any atom is -0.325 e. The molecule has 1 aromatic heterocycles. The summed E-state index contributed by atoms with van der Waals surface area (Å²) in [7, 11) is 0. The quantitative estimate of drug-likeness (QED) is 0.537. The van der Waals surface area contributed by atoms with E-state index in [1.165, 1.54) is 11.8 Å². The maximum absolute atomic E-state index is 12.5. The van der Waals surface area contributed by atoms with Gasteiger partial charge in [0, 0.05) is 12.2 Å². The maximum Gasteiger partial charge on any atom is 0.237 e. The zero-order valence-corrected chi connectivity index (χ0v) is 15.1. The molecular weight excluding hydrogens is 332 g/mol. The number of carbonyl (C=O) groups excluding carboxylic acids is 1. The summed E-state index contributed by atoms with van der Waals surface area (Å²) in [6.07, 6.45) is 1.79. The summed E-state index contributed by atoms with van der Waals surface area (Å²) in [6, 6.07) is 14.0. The highest BCUT2D eigenvalue weighted by molar-refractivity contribution is 8.00. The van der Waals surface area contributed by atoms with Gasteiger partial charge >= 0.3 is 0 Å². The highest BCUT2D eigenvalue weighted by atomic mass is 32.2. The van der Waals surface area contributed by atoms with Crippen molar-refractivity contribution in [2.75, 3.05) is 5.32 Å². The van der Waals surface area contributed by atoms with Crippen molar-refractivity contribution < 1.29 is 4.79 Å². The Balaban J connectivity index is 1.70. The van der Waals surface area contributed by atoms with Gasteiger partial charge in [-0.2, -0.15) is 0 Å². The molecule has 1 unspecified atom stereocenters. The van der Waals surface area contributed by atoms with E-state index in [9.17, 15) is 4.79 Å². The summed E-state index contributed by atoms with van der Waals surface area (Å²) in [5.41, 5.74) is 0.792. The number of thioether (sulfide) groups is 1. The number of aromatic nitrogens is 3. The second-order valence-corrected chi connectivity index (χ2v) is 7.05. The van der Waals surface area contributed by atoms with Crippen molar-refractivity contribution in [1.29, 1.82) is 0 Å². The third-order valence-electron chi connectivity index (χ3n) is 3.88. The average molecular weight is 352 g/mol. The molecule has 0 bridgehead atoms. The van der Waals surface area contributed by atoms with Gasteiger partial charge in [-0.05, 0) is 36.8 Å². The van der Waals surface area contributed by atoms with Crippen LogP contribution in [0.3, 0.4) is 0 Å². The molecule has 0 aliphatic rings. The zero-order chi connectivity index (χ0) is 17.8. The zero-order valence-electron chi connectivity index (χ0n) is 14.3. The molecule has 0 saturated carbocycles. The van der Waals surface area contributed by atoms with Gasteiger partial charge in [0.25, 0.3) is 0 Å². The molecule has 0 spiro atoms. The molecular formula is C19H20N4OS. The van der Waals surface area contributed by atoms with Gasteiger partial charge in [0.15, 0.2) is 5.16 Å². The smallest absolute Gasteiger partial charge is 0.237 e. The van der Waals surface area contributed by atoms with Crippen LogP contribution >= 0.6 is 11.8 Å². The van der Waals surface area contributed by atoms with E-state index in [0.29, 0.717) is 6.54 Å². The first kappa shape index (κ1) is 17.2. The molecule has 1 N–H and O–H groups in total. The molecule has 1 atom stereocenters. The lowest BCUT2D eigenvalue weighted by Gasteiger charge is -2.13. The maximum atomic E-state index is 12.5.